The van der Waals surface area contributed by atoms with Gasteiger partial charge in [0.2, 0.25) is 0 Å². The highest BCUT2D eigenvalue weighted by atomic mass is 19.4. The van der Waals surface area contributed by atoms with Gasteiger partial charge in [-0.05, 0) is 64.7 Å². The number of nitrogens with zero attached hydrogens (tertiary/aromatic N) is 2. The summed E-state index contributed by atoms with van der Waals surface area (Å²) >= 11 is 0. The van der Waals surface area contributed by atoms with Crippen molar-refractivity contribution in [2.45, 2.75) is 71.6 Å². The van der Waals surface area contributed by atoms with E-state index in [0.717, 1.165) is 12.1 Å². The molecule has 1 aromatic rings. The van der Waals surface area contributed by atoms with Crippen molar-refractivity contribution >= 4 is 23.4 Å². The van der Waals surface area contributed by atoms with Crippen LogP contribution < -0.4 is 0 Å². The Kier molecular flexibility index (Phi) is 8.21. The number of fused-ring (bicyclic) bond motifs is 2. The summed E-state index contributed by atoms with van der Waals surface area (Å²) in [5, 5.41) is 9.48. The molecule has 1 N–H and O–H groups in total. The van der Waals surface area contributed by atoms with Crippen molar-refractivity contribution < 1.29 is 32.6 Å². The maximum absolute atomic E-state index is 13.1. The van der Waals surface area contributed by atoms with E-state index in [1.54, 1.807) is 39.8 Å². The first-order valence-electron chi connectivity index (χ1n) is 11.9. The highest BCUT2D eigenvalue weighted by Crippen LogP contribution is 2.31. The van der Waals surface area contributed by atoms with E-state index in [-0.39, 0.29) is 18.3 Å². The molecule has 2 bridgehead atoms. The Bertz CT molecular complexity index is 1120. The largest absolute Gasteiger partial charge is 0.481 e. The van der Waals surface area contributed by atoms with Crippen molar-refractivity contribution in [3.8, 4) is 0 Å². The summed E-state index contributed by atoms with van der Waals surface area (Å²) in [6.07, 6.45) is 1.00. The zero-order chi connectivity index (χ0) is 26.7. The summed E-state index contributed by atoms with van der Waals surface area (Å²) in [5.41, 5.74) is 1.34. The first-order chi connectivity index (χ1) is 16.7. The van der Waals surface area contributed by atoms with Crippen LogP contribution in [-0.2, 0) is 20.5 Å². The molecule has 0 saturated carbocycles. The van der Waals surface area contributed by atoms with Gasteiger partial charge in [-0.15, -0.1) is 0 Å². The molecule has 1 heterocycles. The van der Waals surface area contributed by atoms with Gasteiger partial charge in [-0.25, -0.2) is 0 Å². The molecule has 0 aromatic heterocycles. The molecule has 3 rings (SSSR count). The lowest BCUT2D eigenvalue weighted by Gasteiger charge is -2.22. The number of carboxylic acids is 1. The molecule has 0 radical (unpaired) electrons. The van der Waals surface area contributed by atoms with Gasteiger partial charge in [-0.2, -0.15) is 13.2 Å². The number of hydrogen-bond acceptors (Lipinski definition) is 5. The molecule has 1 aromatic carbocycles. The minimum Gasteiger partial charge on any atom is -0.481 e. The zero-order valence-corrected chi connectivity index (χ0v) is 20.9. The van der Waals surface area contributed by atoms with Crippen molar-refractivity contribution in [3.05, 3.63) is 58.9 Å². The van der Waals surface area contributed by atoms with E-state index in [0.29, 0.717) is 54.1 Å². The molecule has 0 saturated heterocycles. The number of halogens is 3. The van der Waals surface area contributed by atoms with E-state index in [1.165, 1.54) is 12.1 Å². The van der Waals surface area contributed by atoms with Crippen molar-refractivity contribution in [1.82, 2.24) is 0 Å². The molecule has 2 unspecified atom stereocenters. The summed E-state index contributed by atoms with van der Waals surface area (Å²) in [6, 6.07) is 4.77. The third-order valence-corrected chi connectivity index (χ3v) is 5.83. The highest BCUT2D eigenvalue weighted by Gasteiger charge is 2.31. The van der Waals surface area contributed by atoms with Gasteiger partial charge in [-0.1, -0.05) is 25.1 Å². The molecule has 2 aliphatic rings. The number of carboxylic acid groups (broad SMARTS) is 1. The fourth-order valence-corrected chi connectivity index (χ4v) is 3.97. The topological polar surface area (TPSA) is 88.3 Å². The van der Waals surface area contributed by atoms with E-state index in [2.05, 4.69) is 0 Å². The summed E-state index contributed by atoms with van der Waals surface area (Å²) in [4.78, 5) is 33.4. The van der Waals surface area contributed by atoms with E-state index in [4.69, 9.17) is 14.7 Å². The number of aliphatic imine (C=N–C) groups is 2. The fraction of sp³-hybridized carbons (Fsp3) is 0.481. The Morgan fingerprint density at radius 2 is 1.78 bits per heavy atom. The molecule has 194 valence electrons. The number of carbonyl (C=O) groups is 2. The van der Waals surface area contributed by atoms with Crippen molar-refractivity contribution in [2.75, 3.05) is 0 Å². The van der Waals surface area contributed by atoms with Crippen LogP contribution >= 0.6 is 0 Å². The van der Waals surface area contributed by atoms with E-state index >= 15 is 0 Å². The Labute approximate surface area is 208 Å². The maximum atomic E-state index is 13.1. The molecule has 0 spiro atoms. The van der Waals surface area contributed by atoms with Gasteiger partial charge in [-0.3, -0.25) is 19.6 Å². The van der Waals surface area contributed by atoms with Gasteiger partial charge in [0, 0.05) is 23.4 Å². The minimum absolute atomic E-state index is 0.260. The van der Waals surface area contributed by atoms with Crippen LogP contribution in [0.25, 0.3) is 0 Å². The van der Waals surface area contributed by atoms with Crippen molar-refractivity contribution in [2.24, 2.45) is 21.8 Å². The number of alkyl halides is 3. The molecule has 36 heavy (non-hydrogen) atoms. The van der Waals surface area contributed by atoms with Crippen LogP contribution in [0.4, 0.5) is 13.2 Å². The summed E-state index contributed by atoms with van der Waals surface area (Å²) in [6.45, 7) is 7.20. The van der Waals surface area contributed by atoms with Crippen LogP contribution in [0, 0.1) is 11.8 Å². The van der Waals surface area contributed by atoms with Gasteiger partial charge in [0.05, 0.1) is 28.8 Å². The van der Waals surface area contributed by atoms with Gasteiger partial charge in [0.1, 0.15) is 5.60 Å². The van der Waals surface area contributed by atoms with Crippen LogP contribution in [0.3, 0.4) is 0 Å². The maximum Gasteiger partial charge on any atom is 0.416 e. The predicted molar refractivity (Wildman–Crippen MR) is 131 cm³/mol. The van der Waals surface area contributed by atoms with Gasteiger partial charge in [0.25, 0.3) is 0 Å². The van der Waals surface area contributed by atoms with Crippen LogP contribution in [-0.4, -0.2) is 34.1 Å². The lowest BCUT2D eigenvalue weighted by atomic mass is 9.97. The first kappa shape index (κ1) is 27.4. The molecular formula is C27H31F3N2O4. The number of esters is 1. The highest BCUT2D eigenvalue weighted by molar-refractivity contribution is 6.48. The van der Waals surface area contributed by atoms with Crippen LogP contribution in [0.1, 0.15) is 70.9 Å². The number of aliphatic carboxylic acids is 1. The van der Waals surface area contributed by atoms with Crippen LogP contribution in [0.2, 0.25) is 0 Å². The normalized spacial score (nSPS) is 19.1. The fourth-order valence-electron chi connectivity index (χ4n) is 3.97. The number of hydrogen-bond donors (Lipinski definition) is 1. The average Bonchev–Trinajstić information content (AvgIpc) is 3.07. The second-order valence-corrected chi connectivity index (χ2v) is 10.1. The lowest BCUT2D eigenvalue weighted by Crippen LogP contribution is -2.27. The predicted octanol–water partition coefficient (Wildman–Crippen LogP) is 6.36. The number of carbonyl (C=O) groups excluding carboxylic acids is 1. The second-order valence-electron chi connectivity index (χ2n) is 10.1. The van der Waals surface area contributed by atoms with Gasteiger partial charge < -0.3 is 9.84 Å². The Morgan fingerprint density at radius 3 is 2.36 bits per heavy atom. The summed E-state index contributed by atoms with van der Waals surface area (Å²) in [5.74, 6) is -2.33. The van der Waals surface area contributed by atoms with Gasteiger partial charge in [0.15, 0.2) is 0 Å². The number of benzene rings is 1. The van der Waals surface area contributed by atoms with Crippen molar-refractivity contribution in [3.63, 3.8) is 0 Å². The molecule has 6 nitrogen and oxygen atoms in total. The van der Waals surface area contributed by atoms with Crippen molar-refractivity contribution in [1.29, 1.82) is 0 Å². The number of ether oxygens (including phenoxy) is 1. The number of rotatable bonds is 7. The Balaban J connectivity index is 1.89. The molecular weight excluding hydrogens is 473 g/mol. The molecule has 0 fully saturated rings. The quantitative estimate of drug-likeness (QED) is 0.438. The molecule has 9 heteroatoms. The van der Waals surface area contributed by atoms with E-state index in [9.17, 15) is 27.9 Å². The van der Waals surface area contributed by atoms with E-state index in [1.807, 2.05) is 0 Å². The molecule has 1 aliphatic carbocycles. The zero-order valence-electron chi connectivity index (χ0n) is 20.9. The molecule has 0 amide bonds. The smallest absolute Gasteiger partial charge is 0.416 e. The monoisotopic (exact) mass is 504 g/mol. The molecule has 2 atom stereocenters. The minimum atomic E-state index is -4.45. The summed E-state index contributed by atoms with van der Waals surface area (Å²) in [7, 11) is 0. The van der Waals surface area contributed by atoms with Crippen LogP contribution in [0.15, 0.2) is 57.8 Å². The molecule has 1 aliphatic heterocycles. The lowest BCUT2D eigenvalue weighted by molar-refractivity contribution is -0.159. The second kappa shape index (κ2) is 10.8. The van der Waals surface area contributed by atoms with Crippen LogP contribution in [0.5, 0.6) is 0 Å². The van der Waals surface area contributed by atoms with Gasteiger partial charge >= 0.3 is 18.1 Å². The first-order valence-corrected chi connectivity index (χ1v) is 11.9. The average molecular weight is 505 g/mol. The third kappa shape index (κ3) is 7.38. The number of allylic oxidation sites excluding steroid dienone is 1. The third-order valence-electron chi connectivity index (χ3n) is 5.83. The van der Waals surface area contributed by atoms with E-state index < -0.39 is 29.2 Å². The SMILES string of the molecule is CC(CCCC1=NC2=CC(C(=O)O)CC=C(C2)N=C1c1ccc(C(F)(F)F)cc1)C(=O)OC(C)(C)C. The Morgan fingerprint density at radius 1 is 1.11 bits per heavy atom. The summed E-state index contributed by atoms with van der Waals surface area (Å²) < 4.78 is 44.7. The standard InChI is InChI=1S/C27H31F3N2O4/c1-16(25(35)36-26(2,3)4)6-5-7-22-23(17-8-11-19(12-9-17)27(28,29)30)32-20-13-10-18(24(33)34)14-21(15-20)31-22/h8-9,11-14,16,18H,5-7,10,15H2,1-4H3,(H,33,34). The Hall–Kier alpha value is -3.23.